The molecule has 0 aliphatic rings. The maximum atomic E-state index is 12.3. The molecular weight excluding hydrogens is 442 g/mol. The number of rotatable bonds is 6. The molecule has 2 aromatic carbocycles. The van der Waals surface area contributed by atoms with Crippen molar-refractivity contribution in [2.45, 2.75) is 25.2 Å². The summed E-state index contributed by atoms with van der Waals surface area (Å²) in [6, 6.07) is 10.4. The third-order valence-electron chi connectivity index (χ3n) is 3.99. The lowest BCUT2D eigenvalue weighted by Crippen LogP contribution is -2.25. The summed E-state index contributed by atoms with van der Waals surface area (Å²) in [5.41, 5.74) is 0.0894. The molecule has 0 radical (unpaired) electrons. The minimum Gasteiger partial charge on any atom is -0.294 e. The average molecular weight is 454 g/mol. The molecule has 2 aromatic rings. The second-order valence-electron chi connectivity index (χ2n) is 6.45. The van der Waals surface area contributed by atoms with Gasteiger partial charge in [0.2, 0.25) is 11.6 Å². The molecule has 0 fully saturated rings. The van der Waals surface area contributed by atoms with E-state index < -0.39 is 48.3 Å². The topological polar surface area (TPSA) is 68.3 Å². The van der Waals surface area contributed by atoms with Crippen molar-refractivity contribution in [2.24, 2.45) is 0 Å². The number of carbonyl (C=O) groups excluding carboxylic acids is 4. The zero-order valence-corrected chi connectivity index (χ0v) is 15.9. The van der Waals surface area contributed by atoms with Crippen LogP contribution in [0.25, 0.3) is 0 Å². The van der Waals surface area contributed by atoms with Crippen molar-refractivity contribution in [3.63, 3.8) is 0 Å². The highest BCUT2D eigenvalue weighted by atomic mass is 19.4. The number of Topliss-reactive ketones (excluding diaryl/α,β-unsaturated/α-hetero) is 4. The van der Waals surface area contributed by atoms with Gasteiger partial charge in [0.15, 0.2) is 11.6 Å². The Labute approximate surface area is 177 Å². The summed E-state index contributed by atoms with van der Waals surface area (Å²) in [6.45, 7) is 0. The first-order valence-electron chi connectivity index (χ1n) is 8.76. The highest BCUT2D eigenvalue weighted by Gasteiger charge is 2.40. The number of halogens is 6. The maximum Gasteiger partial charge on any atom is 0.450 e. The number of alkyl halides is 6. The van der Waals surface area contributed by atoms with Gasteiger partial charge in [-0.3, -0.25) is 19.2 Å². The van der Waals surface area contributed by atoms with Crippen molar-refractivity contribution in [1.29, 1.82) is 0 Å². The van der Waals surface area contributed by atoms with E-state index in [2.05, 4.69) is 11.8 Å². The molecule has 10 heteroatoms. The van der Waals surface area contributed by atoms with Crippen LogP contribution < -0.4 is 0 Å². The largest absolute Gasteiger partial charge is 0.450 e. The van der Waals surface area contributed by atoms with Crippen LogP contribution in [0.5, 0.6) is 0 Å². The molecule has 0 aliphatic heterocycles. The summed E-state index contributed by atoms with van der Waals surface area (Å²) >= 11 is 0. The summed E-state index contributed by atoms with van der Waals surface area (Å²) in [7, 11) is 0. The molecule has 0 N–H and O–H groups in total. The van der Waals surface area contributed by atoms with E-state index in [9.17, 15) is 45.5 Å². The summed E-state index contributed by atoms with van der Waals surface area (Å²) in [5.74, 6) is -1.23. The Hall–Kier alpha value is -3.74. The minimum atomic E-state index is -5.12. The third kappa shape index (κ3) is 6.91. The van der Waals surface area contributed by atoms with Crippen LogP contribution in [0.3, 0.4) is 0 Å². The lowest BCUT2D eigenvalue weighted by molar-refractivity contribution is -0.170. The Morgan fingerprint density at radius 2 is 0.969 bits per heavy atom. The van der Waals surface area contributed by atoms with Crippen LogP contribution in [-0.2, 0) is 9.59 Å². The molecule has 0 saturated heterocycles. The van der Waals surface area contributed by atoms with E-state index in [0.717, 1.165) is 0 Å². The van der Waals surface area contributed by atoms with E-state index >= 15 is 0 Å². The normalized spacial score (nSPS) is 11.3. The Bertz CT molecular complexity index is 1050. The van der Waals surface area contributed by atoms with Gasteiger partial charge in [0.05, 0.1) is 12.8 Å². The van der Waals surface area contributed by atoms with E-state index in [1.54, 1.807) is 0 Å². The first-order valence-corrected chi connectivity index (χ1v) is 8.76. The van der Waals surface area contributed by atoms with Crippen LogP contribution in [0.4, 0.5) is 26.3 Å². The molecule has 0 amide bonds. The van der Waals surface area contributed by atoms with Gasteiger partial charge in [0, 0.05) is 22.3 Å². The maximum absolute atomic E-state index is 12.3. The van der Waals surface area contributed by atoms with Crippen molar-refractivity contribution in [3.05, 3.63) is 70.8 Å². The predicted molar refractivity (Wildman–Crippen MR) is 98.9 cm³/mol. The van der Waals surface area contributed by atoms with E-state index in [1.807, 2.05) is 0 Å². The first-order chi connectivity index (χ1) is 14.8. The second kappa shape index (κ2) is 9.60. The summed E-state index contributed by atoms with van der Waals surface area (Å²) < 4.78 is 73.8. The van der Waals surface area contributed by atoms with Gasteiger partial charge >= 0.3 is 12.4 Å². The smallest absolute Gasteiger partial charge is 0.294 e. The molecule has 0 atom stereocenters. The van der Waals surface area contributed by atoms with Gasteiger partial charge in [0.1, 0.15) is 0 Å². The molecule has 0 saturated carbocycles. The van der Waals surface area contributed by atoms with E-state index in [-0.39, 0.29) is 22.3 Å². The van der Waals surface area contributed by atoms with Crippen LogP contribution in [0.1, 0.15) is 44.7 Å². The Balaban J connectivity index is 2.17. The highest BCUT2D eigenvalue weighted by molar-refractivity contribution is 6.10. The average Bonchev–Trinajstić information content (AvgIpc) is 2.71. The quantitative estimate of drug-likeness (QED) is 0.279. The standard InChI is InChI=1S/C22H12F6O4/c23-21(24,25)19(31)11-17(29)15-5-1-3-13(9-15)7-8-14-4-2-6-16(10-14)18(30)12-20(32)22(26,27)28/h1-6,9-10H,11-12H2. The van der Waals surface area contributed by atoms with Gasteiger partial charge in [-0.25, -0.2) is 0 Å². The fourth-order valence-corrected chi connectivity index (χ4v) is 2.38. The number of benzene rings is 2. The molecule has 0 heterocycles. The van der Waals surface area contributed by atoms with Crippen molar-refractivity contribution < 1.29 is 45.5 Å². The van der Waals surface area contributed by atoms with E-state index in [1.165, 1.54) is 48.5 Å². The molecule has 0 bridgehead atoms. The molecule has 0 unspecified atom stereocenters. The zero-order chi connectivity index (χ0) is 24.1. The summed E-state index contributed by atoms with van der Waals surface area (Å²) in [5, 5.41) is 0. The molecule has 0 aliphatic carbocycles. The van der Waals surface area contributed by atoms with E-state index in [4.69, 9.17) is 0 Å². The van der Waals surface area contributed by atoms with Crippen LogP contribution in [-0.4, -0.2) is 35.5 Å². The van der Waals surface area contributed by atoms with Crippen LogP contribution in [0.15, 0.2) is 48.5 Å². The summed E-state index contributed by atoms with van der Waals surface area (Å²) in [4.78, 5) is 45.7. The molecule has 32 heavy (non-hydrogen) atoms. The van der Waals surface area contributed by atoms with Crippen molar-refractivity contribution >= 4 is 23.1 Å². The molecule has 0 spiro atoms. The first kappa shape index (κ1) is 24.5. The van der Waals surface area contributed by atoms with Crippen LogP contribution in [0, 0.1) is 11.8 Å². The monoisotopic (exact) mass is 454 g/mol. The van der Waals surface area contributed by atoms with E-state index in [0.29, 0.717) is 0 Å². The van der Waals surface area contributed by atoms with Crippen LogP contribution >= 0.6 is 0 Å². The Kier molecular flexibility index (Phi) is 7.36. The van der Waals surface area contributed by atoms with Gasteiger partial charge in [0.25, 0.3) is 0 Å². The lowest BCUT2D eigenvalue weighted by atomic mass is 10.0. The second-order valence-corrected chi connectivity index (χ2v) is 6.45. The number of ketones is 4. The SMILES string of the molecule is O=C(CC(=O)C(F)(F)F)c1cccc(C#Cc2cccc(C(=O)CC(=O)C(F)(F)F)c2)c1. The highest BCUT2D eigenvalue weighted by Crippen LogP contribution is 2.20. The lowest BCUT2D eigenvalue weighted by Gasteiger charge is -2.05. The van der Waals surface area contributed by atoms with Crippen molar-refractivity contribution in [2.75, 3.05) is 0 Å². The number of carbonyl (C=O) groups is 4. The molecule has 166 valence electrons. The fourth-order valence-electron chi connectivity index (χ4n) is 2.38. The van der Waals surface area contributed by atoms with Crippen molar-refractivity contribution in [1.82, 2.24) is 0 Å². The van der Waals surface area contributed by atoms with Gasteiger partial charge in [-0.1, -0.05) is 36.1 Å². The Morgan fingerprint density at radius 3 is 1.28 bits per heavy atom. The predicted octanol–water partition coefficient (Wildman–Crippen LogP) is 4.49. The Morgan fingerprint density at radius 1 is 0.625 bits per heavy atom. The van der Waals surface area contributed by atoms with Crippen molar-refractivity contribution in [3.8, 4) is 11.8 Å². The number of hydrogen-bond donors (Lipinski definition) is 0. The fraction of sp³-hybridized carbons (Fsp3) is 0.182. The van der Waals surface area contributed by atoms with Gasteiger partial charge < -0.3 is 0 Å². The number of hydrogen-bond acceptors (Lipinski definition) is 4. The third-order valence-corrected chi connectivity index (χ3v) is 3.99. The molecule has 2 rings (SSSR count). The minimum absolute atomic E-state index is 0.163. The molecule has 4 nitrogen and oxygen atoms in total. The van der Waals surface area contributed by atoms with Gasteiger partial charge in [-0.15, -0.1) is 0 Å². The zero-order valence-electron chi connectivity index (χ0n) is 15.9. The molecular formula is C22H12F6O4. The van der Waals surface area contributed by atoms with Gasteiger partial charge in [-0.2, -0.15) is 26.3 Å². The molecule has 0 aromatic heterocycles. The summed E-state index contributed by atoms with van der Waals surface area (Å²) in [6.07, 6.45) is -12.9. The van der Waals surface area contributed by atoms with Gasteiger partial charge in [-0.05, 0) is 24.3 Å². The van der Waals surface area contributed by atoms with Crippen LogP contribution in [0.2, 0.25) is 0 Å².